The molecule has 1 atom stereocenters. The number of halogens is 13. The van der Waals surface area contributed by atoms with Gasteiger partial charge in [0.25, 0.3) is 0 Å². The van der Waals surface area contributed by atoms with Gasteiger partial charge in [-0.25, -0.2) is 18.8 Å². The number of carbonyl (C=O) groups is 3. The van der Waals surface area contributed by atoms with Crippen molar-refractivity contribution in [1.29, 1.82) is 0 Å². The van der Waals surface area contributed by atoms with Gasteiger partial charge in [0, 0.05) is 28.9 Å². The maximum Gasteiger partial charge on any atom is 0.490 e. The van der Waals surface area contributed by atoms with E-state index in [4.69, 9.17) is 40.2 Å². The van der Waals surface area contributed by atoms with Gasteiger partial charge in [0.2, 0.25) is 0 Å². The number of hydrogen-bond acceptors (Lipinski definition) is 7. The number of aliphatic carboxylic acids is 3. The molecule has 0 unspecified atom stereocenters. The monoisotopic (exact) mass is 786 g/mol. The Labute approximate surface area is 286 Å². The van der Waals surface area contributed by atoms with Gasteiger partial charge in [-0.1, -0.05) is 6.07 Å². The van der Waals surface area contributed by atoms with Crippen LogP contribution in [-0.2, 0) is 27.0 Å². The second-order valence-electron chi connectivity index (χ2n) is 9.98. The lowest BCUT2D eigenvalue weighted by molar-refractivity contribution is -0.193. The molecule has 0 aliphatic carbocycles. The lowest BCUT2D eigenvalue weighted by Gasteiger charge is -2.15. The lowest BCUT2D eigenvalue weighted by Crippen LogP contribution is -2.30. The number of carboxylic acids is 3. The number of alkyl halides is 12. The summed E-state index contributed by atoms with van der Waals surface area (Å²) in [6, 6.07) is 9.20. The molecule has 0 aliphatic rings. The molecule has 2 heterocycles. The maximum absolute atomic E-state index is 14.0. The average molecular weight is 786 g/mol. The summed E-state index contributed by atoms with van der Waals surface area (Å²) >= 11 is 0. The molecule has 0 saturated carbocycles. The number of nitrogens with two attached hydrogens (primary N) is 1. The van der Waals surface area contributed by atoms with Crippen LogP contribution in [0.4, 0.5) is 57.1 Å². The number of nitrogens with one attached hydrogen (secondary N) is 1. The van der Waals surface area contributed by atoms with Crippen molar-refractivity contribution in [2.24, 2.45) is 5.73 Å². The standard InChI is InChI=1S/C23H20F4N4O.3C2HF3O2/c1-13-20-9-14(2-5-22(20)31-30-13)16-8-19(11-29-10-16)32-12-18(28)7-15-6-17(23(25,26)27)3-4-21(15)24;3*3-2(4,5)1(6)7/h2-6,8-11,18H,7,12,28H2,1H3,(H,30,31);3*(H,6,7)/t18-;;;/m0.../s1. The molecule has 0 amide bonds. The van der Waals surface area contributed by atoms with Crippen LogP contribution in [0.5, 0.6) is 5.75 Å². The first kappa shape index (κ1) is 45.3. The molecule has 2 aromatic carbocycles. The average Bonchev–Trinajstić information content (AvgIpc) is 3.40. The Hall–Kier alpha value is -5.68. The molecule has 4 rings (SSSR count). The molecule has 0 saturated heterocycles. The first-order chi connectivity index (χ1) is 24.0. The second kappa shape index (κ2) is 18.2. The van der Waals surface area contributed by atoms with E-state index in [1.165, 1.54) is 6.20 Å². The molecular weight excluding hydrogens is 763 g/mol. The summed E-state index contributed by atoms with van der Waals surface area (Å²) in [6.45, 7) is 1.92. The number of nitrogens with zero attached hydrogens (tertiary/aromatic N) is 2. The third kappa shape index (κ3) is 15.6. The third-order valence-electron chi connectivity index (χ3n) is 5.84. The number of pyridine rings is 1. The van der Waals surface area contributed by atoms with E-state index in [0.29, 0.717) is 11.8 Å². The summed E-state index contributed by atoms with van der Waals surface area (Å²) in [5.74, 6) is -8.55. The fraction of sp³-hybridized carbons (Fsp3) is 0.276. The van der Waals surface area contributed by atoms with Crippen molar-refractivity contribution >= 4 is 28.8 Å². The summed E-state index contributed by atoms with van der Waals surface area (Å²) in [5, 5.41) is 29.5. The van der Waals surface area contributed by atoms with Crippen molar-refractivity contribution in [3.05, 3.63) is 77.5 Å². The number of carboxylic acid groups (broad SMARTS) is 3. The van der Waals surface area contributed by atoms with Gasteiger partial charge >= 0.3 is 42.6 Å². The van der Waals surface area contributed by atoms with E-state index in [0.717, 1.165) is 39.9 Å². The van der Waals surface area contributed by atoms with Gasteiger partial charge in [0.05, 0.1) is 17.3 Å². The van der Waals surface area contributed by atoms with Crippen LogP contribution in [0.25, 0.3) is 22.0 Å². The molecule has 0 radical (unpaired) electrons. The highest BCUT2D eigenvalue weighted by Gasteiger charge is 2.39. The SMILES string of the molecule is Cc1[nH]nc2ccc(-c3cncc(OC[C@@H](N)Cc4cc(C(F)(F)F)ccc4F)c3)cc12.O=C(O)C(F)(F)F.O=C(O)C(F)(F)F.O=C(O)C(F)(F)F. The molecule has 292 valence electrons. The molecule has 6 N–H and O–H groups in total. The van der Waals surface area contributed by atoms with E-state index in [2.05, 4.69) is 15.2 Å². The summed E-state index contributed by atoms with van der Waals surface area (Å²) in [6.07, 6.45) is -16.7. The summed E-state index contributed by atoms with van der Waals surface area (Å²) in [7, 11) is 0. The Morgan fingerprint density at radius 3 is 1.75 bits per heavy atom. The number of benzene rings is 2. The van der Waals surface area contributed by atoms with Gasteiger partial charge in [0.15, 0.2) is 0 Å². The number of rotatable bonds is 6. The second-order valence-corrected chi connectivity index (χ2v) is 9.98. The first-order valence-electron chi connectivity index (χ1n) is 13.6. The lowest BCUT2D eigenvalue weighted by atomic mass is 10.0. The molecule has 0 bridgehead atoms. The van der Waals surface area contributed by atoms with Crippen LogP contribution in [-0.4, -0.2) is 79.6 Å². The van der Waals surface area contributed by atoms with Crippen LogP contribution in [0, 0.1) is 12.7 Å². The molecule has 0 spiro atoms. The minimum absolute atomic E-state index is 0.0132. The van der Waals surface area contributed by atoms with Gasteiger partial charge in [-0.3, -0.25) is 10.1 Å². The highest BCUT2D eigenvalue weighted by molar-refractivity contribution is 5.86. The van der Waals surface area contributed by atoms with Gasteiger partial charge < -0.3 is 25.8 Å². The molecule has 11 nitrogen and oxygen atoms in total. The Morgan fingerprint density at radius 1 is 0.774 bits per heavy atom. The number of hydrogen-bond donors (Lipinski definition) is 5. The minimum Gasteiger partial charge on any atom is -0.490 e. The van der Waals surface area contributed by atoms with Crippen LogP contribution in [0.2, 0.25) is 0 Å². The zero-order valence-electron chi connectivity index (χ0n) is 26.0. The zero-order valence-corrected chi connectivity index (χ0v) is 26.0. The predicted octanol–water partition coefficient (Wildman–Crippen LogP) is 6.94. The highest BCUT2D eigenvalue weighted by Crippen LogP contribution is 2.31. The number of ether oxygens (including phenoxy) is 1. The van der Waals surface area contributed by atoms with Crippen LogP contribution in [0.1, 0.15) is 16.8 Å². The smallest absolute Gasteiger partial charge is 0.490 e. The fourth-order valence-corrected chi connectivity index (χ4v) is 3.43. The van der Waals surface area contributed by atoms with Crippen molar-refractivity contribution in [2.45, 2.75) is 44.1 Å². The Balaban J connectivity index is 0.000000545. The van der Waals surface area contributed by atoms with Crippen molar-refractivity contribution < 1.29 is 91.5 Å². The van der Waals surface area contributed by atoms with Crippen LogP contribution in [0.3, 0.4) is 0 Å². The number of H-pyrrole nitrogens is 1. The highest BCUT2D eigenvalue weighted by atomic mass is 19.4. The topological polar surface area (TPSA) is 189 Å². The van der Waals surface area contributed by atoms with Crippen LogP contribution < -0.4 is 10.5 Å². The number of aromatic amines is 1. The minimum atomic E-state index is -5.08. The van der Waals surface area contributed by atoms with E-state index >= 15 is 0 Å². The van der Waals surface area contributed by atoms with E-state index in [1.54, 1.807) is 12.3 Å². The van der Waals surface area contributed by atoms with Crippen LogP contribution in [0.15, 0.2) is 54.9 Å². The summed E-state index contributed by atoms with van der Waals surface area (Å²) < 4.78 is 154. The van der Waals surface area contributed by atoms with Gasteiger partial charge in [0.1, 0.15) is 18.2 Å². The van der Waals surface area contributed by atoms with Crippen molar-refractivity contribution in [2.75, 3.05) is 6.61 Å². The largest absolute Gasteiger partial charge is 0.490 e. The van der Waals surface area contributed by atoms with Gasteiger partial charge in [-0.15, -0.1) is 0 Å². The van der Waals surface area contributed by atoms with E-state index in [9.17, 15) is 57.1 Å². The van der Waals surface area contributed by atoms with Gasteiger partial charge in [-0.05, 0) is 60.9 Å². The molecule has 24 heteroatoms. The van der Waals surface area contributed by atoms with Crippen molar-refractivity contribution in [3.8, 4) is 16.9 Å². The fourth-order valence-electron chi connectivity index (χ4n) is 3.43. The normalized spacial score (nSPS) is 12.2. The summed E-state index contributed by atoms with van der Waals surface area (Å²) in [5.41, 5.74) is 8.54. The zero-order chi connectivity index (χ0) is 41.1. The van der Waals surface area contributed by atoms with Crippen molar-refractivity contribution in [3.63, 3.8) is 0 Å². The van der Waals surface area contributed by atoms with E-state index < -0.39 is 60.0 Å². The van der Waals surface area contributed by atoms with Crippen LogP contribution >= 0.6 is 0 Å². The Bertz CT molecular complexity index is 1800. The molecule has 53 heavy (non-hydrogen) atoms. The number of aryl methyl sites for hydroxylation is 1. The molecule has 2 aromatic heterocycles. The number of fused-ring (bicyclic) bond motifs is 1. The Kier molecular flexibility index (Phi) is 15.6. The molecular formula is C29H23F13N4O7. The third-order valence-corrected chi connectivity index (χ3v) is 5.84. The Morgan fingerprint density at radius 2 is 1.28 bits per heavy atom. The van der Waals surface area contributed by atoms with E-state index in [1.807, 2.05) is 25.1 Å². The van der Waals surface area contributed by atoms with Gasteiger partial charge in [-0.2, -0.15) is 57.8 Å². The quantitative estimate of drug-likeness (QED) is 0.128. The van der Waals surface area contributed by atoms with E-state index in [-0.39, 0.29) is 18.6 Å². The number of aromatic nitrogens is 3. The first-order valence-corrected chi connectivity index (χ1v) is 13.6. The molecule has 0 fully saturated rings. The maximum atomic E-state index is 14.0. The molecule has 4 aromatic rings. The summed E-state index contributed by atoms with van der Waals surface area (Å²) in [4.78, 5) is 30.9. The molecule has 0 aliphatic heterocycles. The van der Waals surface area contributed by atoms with Crippen molar-refractivity contribution in [1.82, 2.24) is 15.2 Å². The predicted molar refractivity (Wildman–Crippen MR) is 154 cm³/mol.